The van der Waals surface area contributed by atoms with Crippen molar-refractivity contribution in [3.63, 3.8) is 0 Å². The van der Waals surface area contributed by atoms with Gasteiger partial charge in [-0.1, -0.05) is 15.9 Å². The van der Waals surface area contributed by atoms with E-state index in [1.54, 1.807) is 0 Å². The van der Waals surface area contributed by atoms with Crippen LogP contribution in [0.3, 0.4) is 0 Å². The molecule has 8 heteroatoms. The van der Waals surface area contributed by atoms with E-state index >= 15 is 0 Å². The normalized spacial score (nSPS) is 11.3. The van der Waals surface area contributed by atoms with Gasteiger partial charge in [0, 0.05) is 16.6 Å². The van der Waals surface area contributed by atoms with E-state index in [0.717, 1.165) is 0 Å². The first-order valence-electron chi connectivity index (χ1n) is 5.32. The highest BCUT2D eigenvalue weighted by Crippen LogP contribution is 2.15. The van der Waals surface area contributed by atoms with Crippen molar-refractivity contribution in [3.05, 3.63) is 34.1 Å². The van der Waals surface area contributed by atoms with Crippen LogP contribution in [-0.2, 0) is 26.1 Å². The highest BCUT2D eigenvalue weighted by molar-refractivity contribution is 9.10. The third kappa shape index (κ3) is 5.66. The van der Waals surface area contributed by atoms with E-state index in [1.165, 1.54) is 25.3 Å². The maximum atomic E-state index is 13.4. The lowest BCUT2D eigenvalue weighted by molar-refractivity contribution is -0.140. The molecule has 0 aromatic heterocycles. The molecule has 1 rings (SSSR count). The summed E-state index contributed by atoms with van der Waals surface area (Å²) < 4.78 is 43.7. The average Bonchev–Trinajstić information content (AvgIpc) is 2.37. The van der Waals surface area contributed by atoms with Crippen LogP contribution in [0.25, 0.3) is 0 Å². The number of esters is 1. The van der Waals surface area contributed by atoms with E-state index in [4.69, 9.17) is 0 Å². The molecular formula is C11H13BrFNO4S. The molecule has 1 aromatic carbocycles. The van der Waals surface area contributed by atoms with Crippen LogP contribution < -0.4 is 4.72 Å². The second kappa shape index (κ2) is 6.97. The van der Waals surface area contributed by atoms with Crippen LogP contribution in [0.4, 0.5) is 4.39 Å². The van der Waals surface area contributed by atoms with E-state index in [1.807, 2.05) is 0 Å². The lowest BCUT2D eigenvalue weighted by Crippen LogP contribution is -2.27. The van der Waals surface area contributed by atoms with Gasteiger partial charge in [-0.05, 0) is 18.2 Å². The Balaban J connectivity index is 2.60. The number of benzene rings is 1. The molecule has 19 heavy (non-hydrogen) atoms. The van der Waals surface area contributed by atoms with E-state index < -0.39 is 27.6 Å². The molecule has 0 saturated carbocycles. The Labute approximate surface area is 119 Å². The van der Waals surface area contributed by atoms with Crippen LogP contribution in [0.2, 0.25) is 0 Å². The number of methoxy groups -OCH3 is 1. The zero-order chi connectivity index (χ0) is 14.5. The minimum Gasteiger partial charge on any atom is -0.469 e. The fourth-order valence-corrected chi connectivity index (χ4v) is 2.62. The molecular weight excluding hydrogens is 341 g/mol. The van der Waals surface area contributed by atoms with Crippen molar-refractivity contribution in [2.75, 3.05) is 12.9 Å². The van der Waals surface area contributed by atoms with Crippen molar-refractivity contribution < 1.29 is 22.3 Å². The van der Waals surface area contributed by atoms with E-state index in [9.17, 15) is 17.6 Å². The second-order valence-corrected chi connectivity index (χ2v) is 6.54. The smallest absolute Gasteiger partial charge is 0.306 e. The summed E-state index contributed by atoms with van der Waals surface area (Å²) in [7, 11) is -2.47. The van der Waals surface area contributed by atoms with Crippen LogP contribution in [0.5, 0.6) is 0 Å². The zero-order valence-corrected chi connectivity index (χ0v) is 12.6. The van der Waals surface area contributed by atoms with Crippen molar-refractivity contribution in [2.45, 2.75) is 13.0 Å². The second-order valence-electron chi connectivity index (χ2n) is 3.70. The molecule has 0 radical (unpaired) electrons. The van der Waals surface area contributed by atoms with Crippen molar-refractivity contribution in [1.82, 2.24) is 4.72 Å². The predicted octanol–water partition coefficient (Wildman–Crippen LogP) is 1.57. The Morgan fingerprint density at radius 1 is 1.47 bits per heavy atom. The fourth-order valence-electron chi connectivity index (χ4n) is 1.26. The number of rotatable bonds is 6. The van der Waals surface area contributed by atoms with Crippen LogP contribution in [0, 0.1) is 5.82 Å². The summed E-state index contributed by atoms with van der Waals surface area (Å²) in [6.45, 7) is -0.172. The van der Waals surface area contributed by atoms with Gasteiger partial charge in [-0.3, -0.25) is 4.79 Å². The van der Waals surface area contributed by atoms with Crippen molar-refractivity contribution in [3.8, 4) is 0 Å². The number of nitrogens with one attached hydrogen (secondary N) is 1. The number of hydrogen-bond acceptors (Lipinski definition) is 4. The van der Waals surface area contributed by atoms with Crippen LogP contribution >= 0.6 is 15.9 Å². The number of halogens is 2. The molecule has 0 unspecified atom stereocenters. The fraction of sp³-hybridized carbons (Fsp3) is 0.364. The quantitative estimate of drug-likeness (QED) is 0.788. The molecule has 0 saturated heterocycles. The summed E-state index contributed by atoms with van der Waals surface area (Å²) in [4.78, 5) is 10.9. The van der Waals surface area contributed by atoms with Gasteiger partial charge in [0.1, 0.15) is 5.82 Å². The van der Waals surface area contributed by atoms with Crippen LogP contribution in [0.15, 0.2) is 22.7 Å². The number of hydrogen-bond donors (Lipinski definition) is 1. The molecule has 1 aromatic rings. The number of ether oxygens (including phenoxy) is 1. The number of carbonyl (C=O) groups is 1. The average molecular weight is 354 g/mol. The monoisotopic (exact) mass is 353 g/mol. The van der Waals surface area contributed by atoms with Gasteiger partial charge in [0.25, 0.3) is 0 Å². The van der Waals surface area contributed by atoms with Crippen LogP contribution in [0.1, 0.15) is 12.0 Å². The molecule has 0 aliphatic heterocycles. The molecule has 0 aliphatic rings. The van der Waals surface area contributed by atoms with Gasteiger partial charge >= 0.3 is 5.97 Å². The number of carbonyl (C=O) groups excluding carboxylic acids is 1. The first-order valence-corrected chi connectivity index (χ1v) is 7.76. The van der Waals surface area contributed by atoms with Gasteiger partial charge < -0.3 is 4.74 Å². The molecule has 5 nitrogen and oxygen atoms in total. The van der Waals surface area contributed by atoms with Crippen LogP contribution in [-0.4, -0.2) is 27.2 Å². The van der Waals surface area contributed by atoms with Gasteiger partial charge in [-0.15, -0.1) is 0 Å². The van der Waals surface area contributed by atoms with E-state index in [0.29, 0.717) is 4.47 Å². The van der Waals surface area contributed by atoms with Crippen molar-refractivity contribution in [2.24, 2.45) is 0 Å². The molecule has 106 valence electrons. The Hall–Kier alpha value is -0.990. The van der Waals surface area contributed by atoms with Crippen molar-refractivity contribution >= 4 is 31.9 Å². The van der Waals surface area contributed by atoms with Gasteiger partial charge in [0.15, 0.2) is 0 Å². The molecule has 0 amide bonds. The molecule has 0 aliphatic carbocycles. The van der Waals surface area contributed by atoms with E-state index in [2.05, 4.69) is 25.4 Å². The largest absolute Gasteiger partial charge is 0.469 e. The van der Waals surface area contributed by atoms with Crippen molar-refractivity contribution in [1.29, 1.82) is 0 Å². The number of sulfonamides is 1. The SMILES string of the molecule is COC(=O)CCS(=O)(=O)NCc1cc(Br)ccc1F. The summed E-state index contributed by atoms with van der Waals surface area (Å²) in [5.74, 6) is -1.51. The summed E-state index contributed by atoms with van der Waals surface area (Å²) >= 11 is 3.17. The topological polar surface area (TPSA) is 72.5 Å². The Bertz CT molecular complexity index is 562. The summed E-state index contributed by atoms with van der Waals surface area (Å²) in [6.07, 6.45) is -0.243. The Morgan fingerprint density at radius 3 is 2.79 bits per heavy atom. The highest BCUT2D eigenvalue weighted by atomic mass is 79.9. The lowest BCUT2D eigenvalue weighted by Gasteiger charge is -2.07. The Morgan fingerprint density at radius 2 is 2.16 bits per heavy atom. The molecule has 0 heterocycles. The minimum absolute atomic E-state index is 0.172. The molecule has 0 atom stereocenters. The third-order valence-electron chi connectivity index (χ3n) is 2.29. The predicted molar refractivity (Wildman–Crippen MR) is 71.4 cm³/mol. The van der Waals surface area contributed by atoms with Gasteiger partial charge in [-0.2, -0.15) is 0 Å². The molecule has 0 bridgehead atoms. The first kappa shape index (κ1) is 16.1. The minimum atomic E-state index is -3.65. The molecule has 0 spiro atoms. The Kier molecular flexibility index (Phi) is 5.89. The maximum Gasteiger partial charge on any atom is 0.306 e. The molecule has 1 N–H and O–H groups in total. The highest BCUT2D eigenvalue weighted by Gasteiger charge is 2.14. The van der Waals surface area contributed by atoms with E-state index in [-0.39, 0.29) is 18.5 Å². The lowest BCUT2D eigenvalue weighted by atomic mass is 10.2. The zero-order valence-electron chi connectivity index (χ0n) is 10.2. The maximum absolute atomic E-state index is 13.4. The summed E-state index contributed by atoms with van der Waals surface area (Å²) in [6, 6.07) is 4.24. The summed E-state index contributed by atoms with van der Waals surface area (Å²) in [5, 5.41) is 0. The molecule has 0 fully saturated rings. The van der Waals surface area contributed by atoms with Gasteiger partial charge in [0.05, 0.1) is 19.3 Å². The summed E-state index contributed by atoms with van der Waals surface area (Å²) in [5.41, 5.74) is 0.219. The first-order chi connectivity index (χ1) is 8.84. The standard InChI is InChI=1S/C11H13BrFNO4S/c1-18-11(15)4-5-19(16,17)14-7-8-6-9(12)2-3-10(8)13/h2-3,6,14H,4-5,7H2,1H3. The third-order valence-corrected chi connectivity index (χ3v) is 4.11. The van der Waals surface area contributed by atoms with Gasteiger partial charge in [-0.25, -0.2) is 17.5 Å². The van der Waals surface area contributed by atoms with Gasteiger partial charge in [0.2, 0.25) is 10.0 Å².